The van der Waals surface area contributed by atoms with Crippen LogP contribution in [-0.4, -0.2) is 47.9 Å². The Morgan fingerprint density at radius 2 is 1.97 bits per heavy atom. The van der Waals surface area contributed by atoms with Crippen molar-refractivity contribution in [3.05, 3.63) is 77.0 Å². The third-order valence-corrected chi connectivity index (χ3v) is 5.99. The van der Waals surface area contributed by atoms with Gasteiger partial charge in [0, 0.05) is 48.3 Å². The molecule has 0 saturated carbocycles. The third-order valence-electron chi connectivity index (χ3n) is 5.99. The fourth-order valence-electron chi connectivity index (χ4n) is 4.16. The summed E-state index contributed by atoms with van der Waals surface area (Å²) < 4.78 is 39.9. The number of Topliss-reactive ketones (excluding diaryl/α,β-unsaturated/α-hetero) is 1. The maximum atomic E-state index is 14.6. The lowest BCUT2D eigenvalue weighted by Crippen LogP contribution is -2.52. The van der Waals surface area contributed by atoms with E-state index in [1.165, 1.54) is 17.0 Å². The summed E-state index contributed by atoms with van der Waals surface area (Å²) in [4.78, 5) is 30.2. The summed E-state index contributed by atoms with van der Waals surface area (Å²) in [5.74, 6) is -1.29. The van der Waals surface area contributed by atoms with Gasteiger partial charge in [0.2, 0.25) is 0 Å². The Morgan fingerprint density at radius 1 is 1.15 bits per heavy atom. The molecule has 2 aliphatic rings. The number of amides is 1. The molecule has 2 aromatic carbocycles. The van der Waals surface area contributed by atoms with E-state index >= 15 is 0 Å². The molecule has 1 aromatic heterocycles. The zero-order valence-corrected chi connectivity index (χ0v) is 18.5. The Balaban J connectivity index is 1.18. The second-order valence-corrected chi connectivity index (χ2v) is 8.64. The molecule has 1 saturated heterocycles. The number of nitrogens with zero attached hydrogens (tertiary/aromatic N) is 2. The molecular weight excluding hydrogens is 442 g/mol. The van der Waals surface area contributed by atoms with Gasteiger partial charge in [0.05, 0.1) is 17.9 Å². The molecule has 174 valence electrons. The van der Waals surface area contributed by atoms with Crippen molar-refractivity contribution in [2.75, 3.05) is 26.3 Å². The highest BCUT2D eigenvalue weighted by Crippen LogP contribution is 2.30. The standard InChI is InChI=1S/C26H22F2N2O4/c1-15-3-2-4-23(29-15)17-5-6-24(22(28)9-17)33-13-16-11-30(12-16)26(32)20-8-18-7-19(31)14-34-25(18)10-21(20)27/h2-6,8-10,16H,7,11-14H2,1H3. The quantitative estimate of drug-likeness (QED) is 0.571. The SMILES string of the molecule is Cc1cccc(-c2ccc(OCC3CN(C(=O)c4cc5c(cc4F)OCC(=O)C5)C3)c(F)c2)n1. The van der Waals surface area contributed by atoms with Crippen LogP contribution in [0.3, 0.4) is 0 Å². The molecule has 2 aliphatic heterocycles. The van der Waals surface area contributed by atoms with Gasteiger partial charge in [0.1, 0.15) is 18.2 Å². The van der Waals surface area contributed by atoms with Crippen LogP contribution < -0.4 is 9.47 Å². The van der Waals surface area contributed by atoms with E-state index in [-0.39, 0.29) is 42.6 Å². The smallest absolute Gasteiger partial charge is 0.256 e. The van der Waals surface area contributed by atoms with Crippen molar-refractivity contribution in [1.29, 1.82) is 0 Å². The number of hydrogen-bond acceptors (Lipinski definition) is 5. The van der Waals surface area contributed by atoms with E-state index < -0.39 is 17.5 Å². The number of aryl methyl sites for hydroxylation is 1. The molecule has 34 heavy (non-hydrogen) atoms. The minimum Gasteiger partial charge on any atom is -0.490 e. The summed E-state index contributed by atoms with van der Waals surface area (Å²) in [6.45, 7) is 2.77. The van der Waals surface area contributed by atoms with Crippen LogP contribution in [0.2, 0.25) is 0 Å². The van der Waals surface area contributed by atoms with Crippen molar-refractivity contribution in [3.63, 3.8) is 0 Å². The molecule has 0 atom stereocenters. The first-order valence-electron chi connectivity index (χ1n) is 11.0. The molecule has 6 nitrogen and oxygen atoms in total. The maximum Gasteiger partial charge on any atom is 0.256 e. The molecule has 1 fully saturated rings. The van der Waals surface area contributed by atoms with Gasteiger partial charge in [-0.15, -0.1) is 0 Å². The Labute approximate surface area is 195 Å². The number of carbonyl (C=O) groups excluding carboxylic acids is 2. The second-order valence-electron chi connectivity index (χ2n) is 8.64. The molecule has 0 bridgehead atoms. The van der Waals surface area contributed by atoms with E-state index in [1.54, 1.807) is 12.1 Å². The van der Waals surface area contributed by atoms with Gasteiger partial charge in [-0.05, 0) is 43.3 Å². The lowest BCUT2D eigenvalue weighted by Gasteiger charge is -2.39. The first-order valence-corrected chi connectivity index (χ1v) is 11.0. The third kappa shape index (κ3) is 4.35. The van der Waals surface area contributed by atoms with Crippen LogP contribution in [0, 0.1) is 24.5 Å². The largest absolute Gasteiger partial charge is 0.490 e. The van der Waals surface area contributed by atoms with E-state index in [0.717, 1.165) is 11.8 Å². The molecule has 3 heterocycles. The van der Waals surface area contributed by atoms with Crippen molar-refractivity contribution in [2.24, 2.45) is 5.92 Å². The van der Waals surface area contributed by atoms with Crippen LogP contribution in [-0.2, 0) is 11.2 Å². The molecule has 0 aliphatic carbocycles. The highest BCUT2D eigenvalue weighted by Gasteiger charge is 2.34. The van der Waals surface area contributed by atoms with E-state index in [1.807, 2.05) is 25.1 Å². The van der Waals surface area contributed by atoms with Gasteiger partial charge in [0.15, 0.2) is 17.3 Å². The number of ketones is 1. The minimum atomic E-state index is -0.678. The van der Waals surface area contributed by atoms with Crippen LogP contribution in [0.5, 0.6) is 11.5 Å². The number of aromatic nitrogens is 1. The molecule has 0 N–H and O–H groups in total. The molecule has 5 rings (SSSR count). The number of hydrogen-bond donors (Lipinski definition) is 0. The van der Waals surface area contributed by atoms with Crippen molar-refractivity contribution < 1.29 is 27.8 Å². The van der Waals surface area contributed by atoms with Crippen LogP contribution in [0.1, 0.15) is 21.6 Å². The monoisotopic (exact) mass is 464 g/mol. The predicted molar refractivity (Wildman–Crippen MR) is 120 cm³/mol. The van der Waals surface area contributed by atoms with Gasteiger partial charge < -0.3 is 14.4 Å². The maximum absolute atomic E-state index is 14.6. The van der Waals surface area contributed by atoms with Crippen LogP contribution in [0.25, 0.3) is 11.3 Å². The van der Waals surface area contributed by atoms with Crippen LogP contribution in [0.15, 0.2) is 48.5 Å². The number of benzene rings is 2. The number of fused-ring (bicyclic) bond motifs is 1. The van der Waals surface area contributed by atoms with Gasteiger partial charge in [-0.2, -0.15) is 0 Å². The first kappa shape index (κ1) is 22.0. The van der Waals surface area contributed by atoms with Crippen molar-refractivity contribution in [3.8, 4) is 22.8 Å². The zero-order chi connectivity index (χ0) is 23.8. The van der Waals surface area contributed by atoms with Gasteiger partial charge >= 0.3 is 0 Å². The van der Waals surface area contributed by atoms with E-state index in [0.29, 0.717) is 35.7 Å². The predicted octanol–water partition coefficient (Wildman–Crippen LogP) is 3.99. The lowest BCUT2D eigenvalue weighted by molar-refractivity contribution is -0.121. The number of rotatable bonds is 5. The number of likely N-dealkylation sites (tertiary alicyclic amines) is 1. The molecule has 0 radical (unpaired) electrons. The molecule has 8 heteroatoms. The Hall–Kier alpha value is -3.81. The topological polar surface area (TPSA) is 68.7 Å². The summed E-state index contributed by atoms with van der Waals surface area (Å²) in [7, 11) is 0. The van der Waals surface area contributed by atoms with Crippen LogP contribution in [0.4, 0.5) is 8.78 Å². The number of halogens is 2. The van der Waals surface area contributed by atoms with Crippen molar-refractivity contribution in [2.45, 2.75) is 13.3 Å². The summed E-state index contributed by atoms with van der Waals surface area (Å²) >= 11 is 0. The van der Waals surface area contributed by atoms with E-state index in [2.05, 4.69) is 4.98 Å². The van der Waals surface area contributed by atoms with Crippen LogP contribution >= 0.6 is 0 Å². The van der Waals surface area contributed by atoms with E-state index in [9.17, 15) is 18.4 Å². The number of carbonyl (C=O) groups is 2. The highest BCUT2D eigenvalue weighted by molar-refractivity contribution is 5.96. The summed E-state index contributed by atoms with van der Waals surface area (Å²) in [5, 5.41) is 0. The van der Waals surface area contributed by atoms with Gasteiger partial charge in [-0.3, -0.25) is 14.6 Å². The molecule has 1 amide bonds. The van der Waals surface area contributed by atoms with Gasteiger partial charge in [-0.25, -0.2) is 8.78 Å². The number of ether oxygens (including phenoxy) is 2. The Kier molecular flexibility index (Phi) is 5.73. The average molecular weight is 464 g/mol. The van der Waals surface area contributed by atoms with Crippen molar-refractivity contribution in [1.82, 2.24) is 9.88 Å². The fourth-order valence-corrected chi connectivity index (χ4v) is 4.16. The minimum absolute atomic E-state index is 0.00654. The molecule has 0 spiro atoms. The van der Waals surface area contributed by atoms with E-state index in [4.69, 9.17) is 9.47 Å². The average Bonchev–Trinajstić information content (AvgIpc) is 2.78. The molecular formula is C26H22F2N2O4. The fraction of sp³-hybridized carbons (Fsp3) is 0.269. The summed E-state index contributed by atoms with van der Waals surface area (Å²) in [6, 6.07) is 12.8. The summed E-state index contributed by atoms with van der Waals surface area (Å²) in [6.07, 6.45) is 0.122. The molecule has 3 aromatic rings. The normalized spacial score (nSPS) is 15.4. The Bertz CT molecular complexity index is 1290. The Morgan fingerprint density at radius 3 is 2.74 bits per heavy atom. The lowest BCUT2D eigenvalue weighted by atomic mass is 9.97. The highest BCUT2D eigenvalue weighted by atomic mass is 19.1. The first-order chi connectivity index (χ1) is 16.4. The zero-order valence-electron chi connectivity index (χ0n) is 18.5. The van der Waals surface area contributed by atoms with Gasteiger partial charge in [-0.1, -0.05) is 6.07 Å². The summed E-state index contributed by atoms with van der Waals surface area (Å²) in [5.41, 5.74) is 2.63. The number of pyridine rings is 1. The second kappa shape index (κ2) is 8.85. The van der Waals surface area contributed by atoms with Gasteiger partial charge in [0.25, 0.3) is 5.91 Å². The molecule has 0 unspecified atom stereocenters. The van der Waals surface area contributed by atoms with Crippen molar-refractivity contribution >= 4 is 11.7 Å².